The van der Waals surface area contributed by atoms with E-state index in [9.17, 15) is 4.79 Å². The lowest BCUT2D eigenvalue weighted by molar-refractivity contribution is -0.137. The number of nitrogens with zero attached hydrogens (tertiary/aromatic N) is 3. The van der Waals surface area contributed by atoms with Crippen molar-refractivity contribution in [1.82, 2.24) is 14.5 Å². The van der Waals surface area contributed by atoms with Crippen LogP contribution >= 0.6 is 0 Å². The zero-order chi connectivity index (χ0) is 24.9. The van der Waals surface area contributed by atoms with Crippen molar-refractivity contribution in [2.75, 3.05) is 13.7 Å². The van der Waals surface area contributed by atoms with Crippen LogP contribution < -0.4 is 4.74 Å². The maximum Gasteiger partial charge on any atom is 0.331 e. The van der Waals surface area contributed by atoms with Gasteiger partial charge in [0, 0.05) is 18.2 Å². The maximum absolute atomic E-state index is 12.3. The zero-order valence-corrected chi connectivity index (χ0v) is 21.0. The number of pyridine rings is 1. The standard InChI is InChI=1S/C29H31N3O3/c1-6-26-31-28-19(3)16-20(4)30-29(28)32(26)18-21-8-10-22(11-9-21)25(17-27(33)35-7-2)23-12-14-24(34-5)15-13-23/h8-17H,6-7,18H2,1-5H3/b25-17-. The Balaban J connectivity index is 1.69. The predicted molar refractivity (Wildman–Crippen MR) is 139 cm³/mol. The Hall–Kier alpha value is -3.93. The summed E-state index contributed by atoms with van der Waals surface area (Å²) in [7, 11) is 1.63. The Morgan fingerprint density at radius 2 is 1.63 bits per heavy atom. The molecule has 6 heteroatoms. The highest BCUT2D eigenvalue weighted by atomic mass is 16.5. The summed E-state index contributed by atoms with van der Waals surface area (Å²) in [5.41, 5.74) is 7.79. The minimum absolute atomic E-state index is 0.329. The molecule has 2 aromatic carbocycles. The highest BCUT2D eigenvalue weighted by molar-refractivity contribution is 5.96. The van der Waals surface area contributed by atoms with Crippen molar-refractivity contribution in [2.45, 2.75) is 40.7 Å². The third-order valence-corrected chi connectivity index (χ3v) is 5.97. The van der Waals surface area contributed by atoms with Crippen molar-refractivity contribution < 1.29 is 14.3 Å². The lowest BCUT2D eigenvalue weighted by Crippen LogP contribution is -2.06. The molecule has 0 fully saturated rings. The largest absolute Gasteiger partial charge is 0.497 e. The number of rotatable bonds is 8. The molecular formula is C29H31N3O3. The number of fused-ring (bicyclic) bond motifs is 1. The smallest absolute Gasteiger partial charge is 0.331 e. The van der Waals surface area contributed by atoms with Gasteiger partial charge in [0.25, 0.3) is 0 Å². The number of carbonyl (C=O) groups is 1. The summed E-state index contributed by atoms with van der Waals surface area (Å²) in [4.78, 5) is 21.9. The molecule has 4 aromatic rings. The van der Waals surface area contributed by atoms with Crippen LogP contribution in [0.1, 0.15) is 47.6 Å². The van der Waals surface area contributed by atoms with E-state index in [4.69, 9.17) is 19.4 Å². The van der Waals surface area contributed by atoms with E-state index in [1.165, 1.54) is 0 Å². The molecule has 0 radical (unpaired) electrons. The predicted octanol–water partition coefficient (Wildman–Crippen LogP) is 5.66. The third kappa shape index (κ3) is 5.27. The van der Waals surface area contributed by atoms with E-state index < -0.39 is 0 Å². The monoisotopic (exact) mass is 469 g/mol. The molecule has 2 aromatic heterocycles. The van der Waals surface area contributed by atoms with Gasteiger partial charge in [-0.05, 0) is 66.8 Å². The molecule has 0 spiro atoms. The van der Waals surface area contributed by atoms with Crippen molar-refractivity contribution in [3.63, 3.8) is 0 Å². The van der Waals surface area contributed by atoms with Crippen molar-refractivity contribution in [1.29, 1.82) is 0 Å². The number of imidazole rings is 1. The van der Waals surface area contributed by atoms with Crippen LogP contribution in [0.4, 0.5) is 0 Å². The fourth-order valence-electron chi connectivity index (χ4n) is 4.26. The van der Waals surface area contributed by atoms with Gasteiger partial charge in [0.15, 0.2) is 5.65 Å². The van der Waals surface area contributed by atoms with Crippen molar-refractivity contribution >= 4 is 22.7 Å². The minimum atomic E-state index is -0.364. The molecule has 0 aliphatic carbocycles. The average molecular weight is 470 g/mol. The highest BCUT2D eigenvalue weighted by Crippen LogP contribution is 2.27. The highest BCUT2D eigenvalue weighted by Gasteiger charge is 2.14. The van der Waals surface area contributed by atoms with E-state index >= 15 is 0 Å². The van der Waals surface area contributed by atoms with Gasteiger partial charge in [-0.15, -0.1) is 0 Å². The van der Waals surface area contributed by atoms with Crippen LogP contribution in [-0.4, -0.2) is 34.2 Å². The van der Waals surface area contributed by atoms with Crippen molar-refractivity contribution in [3.05, 3.63) is 94.4 Å². The van der Waals surface area contributed by atoms with Crippen LogP contribution in [-0.2, 0) is 22.5 Å². The second-order valence-electron chi connectivity index (χ2n) is 8.46. The van der Waals surface area contributed by atoms with Crippen LogP contribution in [0.2, 0.25) is 0 Å². The van der Waals surface area contributed by atoms with E-state index in [1.54, 1.807) is 20.1 Å². The molecule has 35 heavy (non-hydrogen) atoms. The SMILES string of the molecule is CCOC(=O)/C=C(/c1ccc(Cn2c(CC)nc3c(C)cc(C)nc32)cc1)c1ccc(OC)cc1. The molecular weight excluding hydrogens is 438 g/mol. The number of hydrogen-bond donors (Lipinski definition) is 0. The summed E-state index contributed by atoms with van der Waals surface area (Å²) in [5.74, 6) is 1.42. The maximum atomic E-state index is 12.3. The van der Waals surface area contributed by atoms with Crippen LogP contribution in [0.3, 0.4) is 0 Å². The summed E-state index contributed by atoms with van der Waals surface area (Å²) in [6.07, 6.45) is 2.38. The van der Waals surface area contributed by atoms with Gasteiger partial charge in [0.05, 0.1) is 20.3 Å². The van der Waals surface area contributed by atoms with Gasteiger partial charge >= 0.3 is 5.97 Å². The van der Waals surface area contributed by atoms with Crippen LogP contribution in [0.5, 0.6) is 5.75 Å². The third-order valence-electron chi connectivity index (χ3n) is 5.97. The second-order valence-corrected chi connectivity index (χ2v) is 8.46. The second kappa shape index (κ2) is 10.6. The van der Waals surface area contributed by atoms with E-state index in [-0.39, 0.29) is 5.97 Å². The van der Waals surface area contributed by atoms with Gasteiger partial charge in [0.1, 0.15) is 17.1 Å². The molecule has 0 saturated carbocycles. The number of methoxy groups -OCH3 is 1. The van der Waals surface area contributed by atoms with Crippen LogP contribution in [0.25, 0.3) is 16.7 Å². The number of benzene rings is 2. The molecule has 0 aliphatic rings. The summed E-state index contributed by atoms with van der Waals surface area (Å²) in [6.45, 7) is 9.02. The first kappa shape index (κ1) is 24.2. The molecule has 0 unspecified atom stereocenters. The minimum Gasteiger partial charge on any atom is -0.497 e. The summed E-state index contributed by atoms with van der Waals surface area (Å²) >= 11 is 0. The Morgan fingerprint density at radius 1 is 0.971 bits per heavy atom. The molecule has 0 atom stereocenters. The Kier molecular flexibility index (Phi) is 7.30. The zero-order valence-electron chi connectivity index (χ0n) is 21.0. The molecule has 2 heterocycles. The summed E-state index contributed by atoms with van der Waals surface area (Å²) in [5, 5.41) is 0. The van der Waals surface area contributed by atoms with Crippen LogP contribution in [0, 0.1) is 13.8 Å². The topological polar surface area (TPSA) is 66.2 Å². The quantitative estimate of drug-likeness (QED) is 0.246. The fourth-order valence-corrected chi connectivity index (χ4v) is 4.26. The first-order valence-corrected chi connectivity index (χ1v) is 11.9. The molecule has 180 valence electrons. The van der Waals surface area contributed by atoms with Gasteiger partial charge < -0.3 is 14.0 Å². The number of aromatic nitrogens is 3. The Bertz CT molecular complexity index is 1370. The molecule has 0 bridgehead atoms. The van der Waals surface area contributed by atoms with Gasteiger partial charge in [-0.25, -0.2) is 14.8 Å². The molecule has 6 nitrogen and oxygen atoms in total. The molecule has 0 N–H and O–H groups in total. The van der Waals surface area contributed by atoms with E-state index in [2.05, 4.69) is 36.6 Å². The lowest BCUT2D eigenvalue weighted by Gasteiger charge is -2.12. The fraction of sp³-hybridized carbons (Fsp3) is 0.276. The van der Waals surface area contributed by atoms with Gasteiger partial charge in [0.2, 0.25) is 0 Å². The first-order valence-electron chi connectivity index (χ1n) is 11.9. The van der Waals surface area contributed by atoms with Crippen molar-refractivity contribution in [2.24, 2.45) is 0 Å². The molecule has 0 saturated heterocycles. The van der Waals surface area contributed by atoms with Gasteiger partial charge in [-0.1, -0.05) is 43.3 Å². The normalized spacial score (nSPS) is 11.6. The number of carbonyl (C=O) groups excluding carboxylic acids is 1. The Morgan fingerprint density at radius 3 is 2.23 bits per heavy atom. The molecule has 0 amide bonds. The molecule has 0 aliphatic heterocycles. The van der Waals surface area contributed by atoms with Gasteiger partial charge in [-0.2, -0.15) is 0 Å². The number of hydrogen-bond acceptors (Lipinski definition) is 5. The summed E-state index contributed by atoms with van der Waals surface area (Å²) < 4.78 is 12.7. The Labute approximate surface area is 206 Å². The summed E-state index contributed by atoms with van der Waals surface area (Å²) in [6, 6.07) is 18.0. The van der Waals surface area contributed by atoms with Crippen molar-refractivity contribution in [3.8, 4) is 5.75 Å². The van der Waals surface area contributed by atoms with Gasteiger partial charge in [-0.3, -0.25) is 0 Å². The molecule has 4 rings (SSSR count). The average Bonchev–Trinajstić information content (AvgIpc) is 3.21. The van der Waals surface area contributed by atoms with E-state index in [1.807, 2.05) is 43.3 Å². The van der Waals surface area contributed by atoms with E-state index in [0.29, 0.717) is 13.2 Å². The number of ether oxygens (including phenoxy) is 2. The number of esters is 1. The lowest BCUT2D eigenvalue weighted by atomic mass is 9.96. The number of aryl methyl sites for hydroxylation is 3. The van der Waals surface area contributed by atoms with E-state index in [0.717, 1.165) is 62.7 Å². The van der Waals surface area contributed by atoms with Crippen LogP contribution in [0.15, 0.2) is 60.7 Å². The first-order chi connectivity index (χ1) is 16.9.